The van der Waals surface area contributed by atoms with Crippen molar-refractivity contribution >= 4 is 18.2 Å². The van der Waals surface area contributed by atoms with E-state index in [2.05, 4.69) is 4.72 Å². The highest BCUT2D eigenvalue weighted by Gasteiger charge is 1.97. The third-order valence-electron chi connectivity index (χ3n) is 2.10. The molecule has 0 saturated carbocycles. The summed E-state index contributed by atoms with van der Waals surface area (Å²) in [6.45, 7) is 0.616. The van der Waals surface area contributed by atoms with E-state index in [1.807, 2.05) is 25.2 Å². The first-order valence-corrected chi connectivity index (χ1v) is 6.57. The Morgan fingerprint density at radius 2 is 2.05 bits per heavy atom. The molecule has 102 valence electrons. The number of allylic oxidation sites excluding steroid dienone is 2. The van der Waals surface area contributed by atoms with E-state index in [4.69, 9.17) is 0 Å². The Bertz CT molecular complexity index is 455. The Balaban J connectivity index is 2.50. The van der Waals surface area contributed by atoms with Crippen molar-refractivity contribution in [3.05, 3.63) is 58.9 Å². The molecule has 0 unspecified atom stereocenters. The van der Waals surface area contributed by atoms with Gasteiger partial charge in [-0.3, -0.25) is 9.52 Å². The summed E-state index contributed by atoms with van der Waals surface area (Å²) in [7, 11) is 3.82. The van der Waals surface area contributed by atoms with Crippen molar-refractivity contribution in [3.8, 4) is 0 Å². The van der Waals surface area contributed by atoms with E-state index in [-0.39, 0.29) is 5.82 Å². The maximum atomic E-state index is 12.7. The molecular weight excluding hydrogens is 263 g/mol. The summed E-state index contributed by atoms with van der Waals surface area (Å²) >= 11 is 1.42. The minimum atomic E-state index is -0.237. The molecule has 3 nitrogen and oxygen atoms in total. The van der Waals surface area contributed by atoms with Crippen LogP contribution in [-0.4, -0.2) is 25.3 Å². The number of benzene rings is 1. The number of rotatable bonds is 7. The molecule has 0 bridgehead atoms. The maximum absolute atomic E-state index is 12.7. The van der Waals surface area contributed by atoms with Crippen molar-refractivity contribution in [1.82, 2.24) is 9.62 Å². The lowest BCUT2D eigenvalue weighted by Gasteiger charge is -2.09. The van der Waals surface area contributed by atoms with Crippen molar-refractivity contribution in [2.24, 2.45) is 0 Å². The minimum Gasteiger partial charge on any atom is -0.383 e. The van der Waals surface area contributed by atoms with Gasteiger partial charge in [0.2, 0.25) is 0 Å². The monoisotopic (exact) mass is 280 g/mol. The second kappa shape index (κ2) is 8.50. The van der Waals surface area contributed by atoms with E-state index in [1.54, 1.807) is 18.2 Å². The van der Waals surface area contributed by atoms with Gasteiger partial charge < -0.3 is 4.90 Å². The summed E-state index contributed by atoms with van der Waals surface area (Å²) in [6.07, 6.45) is 5.82. The van der Waals surface area contributed by atoms with Crippen molar-refractivity contribution in [2.75, 3.05) is 14.1 Å². The lowest BCUT2D eigenvalue weighted by molar-refractivity contribution is -0.104. The molecule has 0 fully saturated rings. The molecular formula is C14H17FN2OS. The summed E-state index contributed by atoms with van der Waals surface area (Å²) in [5.41, 5.74) is 0.998. The number of aldehydes is 1. The highest BCUT2D eigenvalue weighted by atomic mass is 32.2. The highest BCUT2D eigenvalue weighted by molar-refractivity contribution is 8.01. The number of halogens is 1. The molecule has 0 aliphatic rings. The molecule has 0 heterocycles. The van der Waals surface area contributed by atoms with Gasteiger partial charge in [0, 0.05) is 31.7 Å². The van der Waals surface area contributed by atoms with E-state index in [9.17, 15) is 9.18 Å². The Labute approximate surface area is 117 Å². The van der Waals surface area contributed by atoms with Crippen LogP contribution in [0.1, 0.15) is 5.56 Å². The first-order chi connectivity index (χ1) is 9.11. The summed E-state index contributed by atoms with van der Waals surface area (Å²) < 4.78 is 15.9. The molecule has 0 atom stereocenters. The summed E-state index contributed by atoms with van der Waals surface area (Å²) in [6, 6.07) is 6.34. The fourth-order valence-corrected chi connectivity index (χ4v) is 2.11. The highest BCUT2D eigenvalue weighted by Crippen LogP contribution is 2.14. The van der Waals surface area contributed by atoms with Gasteiger partial charge in [0.15, 0.2) is 0 Å². The average Bonchev–Trinajstić information content (AvgIpc) is 2.37. The van der Waals surface area contributed by atoms with Crippen molar-refractivity contribution in [3.63, 3.8) is 0 Å². The van der Waals surface area contributed by atoms with Crippen LogP contribution in [0.25, 0.3) is 0 Å². The Morgan fingerprint density at radius 1 is 1.37 bits per heavy atom. The molecule has 0 spiro atoms. The molecule has 0 aliphatic carbocycles. The third-order valence-corrected chi connectivity index (χ3v) is 2.87. The summed E-state index contributed by atoms with van der Waals surface area (Å²) in [5, 5.41) is 0. The fraction of sp³-hybridized carbons (Fsp3) is 0.214. The number of carbonyl (C=O) groups excluding carboxylic acids is 1. The van der Waals surface area contributed by atoms with Crippen molar-refractivity contribution in [1.29, 1.82) is 0 Å². The molecule has 5 heteroatoms. The summed E-state index contributed by atoms with van der Waals surface area (Å²) in [5.74, 6) is -0.237. The van der Waals surface area contributed by atoms with Crippen LogP contribution in [0.3, 0.4) is 0 Å². The van der Waals surface area contributed by atoms with Crippen LogP contribution in [-0.2, 0) is 11.3 Å². The Kier molecular flexibility index (Phi) is 6.92. The van der Waals surface area contributed by atoms with Crippen LogP contribution in [0.2, 0.25) is 0 Å². The van der Waals surface area contributed by atoms with Gasteiger partial charge in [0.05, 0.1) is 0 Å². The zero-order valence-electron chi connectivity index (χ0n) is 11.0. The number of hydrogen-bond acceptors (Lipinski definition) is 4. The molecule has 1 aromatic carbocycles. The minimum absolute atomic E-state index is 0.237. The third kappa shape index (κ3) is 6.79. The second-order valence-corrected chi connectivity index (χ2v) is 5.00. The van der Waals surface area contributed by atoms with Crippen LogP contribution in [0.4, 0.5) is 4.39 Å². The molecule has 1 N–H and O–H groups in total. The van der Waals surface area contributed by atoms with Gasteiger partial charge in [-0.2, -0.15) is 0 Å². The van der Waals surface area contributed by atoms with Crippen LogP contribution in [0.5, 0.6) is 0 Å². The molecule has 19 heavy (non-hydrogen) atoms. The maximum Gasteiger partial charge on any atom is 0.142 e. The Morgan fingerprint density at radius 3 is 2.63 bits per heavy atom. The normalized spacial score (nSPS) is 11.8. The zero-order valence-corrected chi connectivity index (χ0v) is 11.8. The number of nitrogens with zero attached hydrogens (tertiary/aromatic N) is 1. The van der Waals surface area contributed by atoms with Crippen LogP contribution >= 0.6 is 11.9 Å². The van der Waals surface area contributed by atoms with E-state index < -0.39 is 0 Å². The van der Waals surface area contributed by atoms with Gasteiger partial charge in [0.25, 0.3) is 0 Å². The van der Waals surface area contributed by atoms with Crippen LogP contribution in [0.15, 0.2) is 47.5 Å². The number of nitrogens with one attached hydrogen (secondary N) is 1. The van der Waals surface area contributed by atoms with Crippen molar-refractivity contribution < 1.29 is 9.18 Å². The molecule has 1 aromatic rings. The van der Waals surface area contributed by atoms with Crippen LogP contribution in [0, 0.1) is 5.82 Å². The van der Waals surface area contributed by atoms with Gasteiger partial charge >= 0.3 is 0 Å². The predicted molar refractivity (Wildman–Crippen MR) is 77.8 cm³/mol. The van der Waals surface area contributed by atoms with Gasteiger partial charge in [0.1, 0.15) is 12.1 Å². The molecule has 0 aromatic heterocycles. The van der Waals surface area contributed by atoms with E-state index in [0.717, 1.165) is 16.8 Å². The fourth-order valence-electron chi connectivity index (χ4n) is 1.30. The molecule has 1 rings (SSSR count). The average molecular weight is 280 g/mol. The number of carbonyl (C=O) groups is 1. The van der Waals surface area contributed by atoms with Gasteiger partial charge in [-0.05, 0) is 41.8 Å². The number of hydrogen-bond donors (Lipinski definition) is 1. The van der Waals surface area contributed by atoms with E-state index in [1.165, 1.54) is 30.2 Å². The predicted octanol–water partition coefficient (Wildman–Crippen LogP) is 2.72. The van der Waals surface area contributed by atoms with Gasteiger partial charge in [-0.1, -0.05) is 12.1 Å². The molecule has 0 aliphatic heterocycles. The lowest BCUT2D eigenvalue weighted by Crippen LogP contribution is -2.06. The topological polar surface area (TPSA) is 32.3 Å². The zero-order chi connectivity index (χ0) is 14.1. The van der Waals surface area contributed by atoms with E-state index in [0.29, 0.717) is 6.54 Å². The van der Waals surface area contributed by atoms with Gasteiger partial charge in [-0.25, -0.2) is 4.39 Å². The van der Waals surface area contributed by atoms with Crippen molar-refractivity contribution in [2.45, 2.75) is 6.54 Å². The standard InChI is InChI=1S/C14H17FN2OS/c1-17(2)11-14(4-3-9-18)19-16-10-12-5-7-13(15)8-6-12/h3-9,11,16H,10H2,1-2H3/b4-3-,14-11+. The first kappa shape index (κ1) is 15.5. The van der Waals surface area contributed by atoms with Crippen LogP contribution < -0.4 is 4.72 Å². The smallest absolute Gasteiger partial charge is 0.142 e. The van der Waals surface area contributed by atoms with Gasteiger partial charge in [-0.15, -0.1) is 0 Å². The first-order valence-electron chi connectivity index (χ1n) is 5.76. The van der Waals surface area contributed by atoms with E-state index >= 15 is 0 Å². The largest absolute Gasteiger partial charge is 0.383 e. The SMILES string of the molecule is CN(C)/C=C(\C=C/C=O)SNCc1ccc(F)cc1. The summed E-state index contributed by atoms with van der Waals surface area (Å²) in [4.78, 5) is 13.1. The quantitative estimate of drug-likeness (QED) is 0.360. The molecule has 0 amide bonds. The second-order valence-electron chi connectivity index (χ2n) is 4.04. The molecule has 0 saturated heterocycles. The Hall–Kier alpha value is -1.59. The molecule has 0 radical (unpaired) electrons. The lowest BCUT2D eigenvalue weighted by atomic mass is 10.2.